The minimum absolute atomic E-state index is 0.186. The monoisotopic (exact) mass is 411 g/mol. The van der Waals surface area contributed by atoms with Crippen LogP contribution in [-0.4, -0.2) is 13.0 Å². The molecule has 4 rings (SSSR count). The second kappa shape index (κ2) is 8.52. The Morgan fingerprint density at radius 1 is 0.968 bits per heavy atom. The maximum Gasteiger partial charge on any atom is 0.248 e. The molecule has 0 radical (unpaired) electrons. The highest BCUT2D eigenvalue weighted by Gasteiger charge is 2.15. The fourth-order valence-corrected chi connectivity index (χ4v) is 3.58. The van der Waals surface area contributed by atoms with E-state index in [0.717, 1.165) is 44.5 Å². The number of hydrogen-bond acceptors (Lipinski definition) is 3. The number of anilines is 1. The smallest absolute Gasteiger partial charge is 0.248 e. The number of ether oxygens (including phenoxy) is 1. The van der Waals surface area contributed by atoms with E-state index < -0.39 is 0 Å². The van der Waals surface area contributed by atoms with Gasteiger partial charge in [-0.25, -0.2) is 0 Å². The minimum Gasteiger partial charge on any atom is -0.496 e. The van der Waals surface area contributed by atoms with Crippen molar-refractivity contribution in [1.29, 1.82) is 0 Å². The first-order valence-corrected chi connectivity index (χ1v) is 10.2. The average Bonchev–Trinajstić information content (AvgIpc) is 3.17. The molecule has 0 aliphatic carbocycles. The topological polar surface area (TPSA) is 51.5 Å². The first-order chi connectivity index (χ1) is 14.9. The summed E-state index contributed by atoms with van der Waals surface area (Å²) in [5, 5.41) is 3.89. The summed E-state index contributed by atoms with van der Waals surface area (Å²) in [6, 6.07) is 19.9. The molecule has 0 aliphatic rings. The maximum absolute atomic E-state index is 12.6. The number of allylic oxidation sites excluding steroid dienone is 1. The highest BCUT2D eigenvalue weighted by molar-refractivity contribution is 6.05. The van der Waals surface area contributed by atoms with Crippen LogP contribution in [-0.2, 0) is 4.79 Å². The normalized spacial score (nSPS) is 11.5. The number of carbonyl (C=O) groups is 1. The number of fused-ring (bicyclic) bond motifs is 1. The van der Waals surface area contributed by atoms with Gasteiger partial charge in [-0.2, -0.15) is 0 Å². The molecule has 0 saturated heterocycles. The quantitative estimate of drug-likeness (QED) is 0.369. The van der Waals surface area contributed by atoms with E-state index in [4.69, 9.17) is 9.15 Å². The van der Waals surface area contributed by atoms with Gasteiger partial charge in [-0.3, -0.25) is 4.79 Å². The molecule has 0 unspecified atom stereocenters. The summed E-state index contributed by atoms with van der Waals surface area (Å²) in [5.41, 5.74) is 7.61. The Balaban J connectivity index is 1.70. The largest absolute Gasteiger partial charge is 0.496 e. The summed E-state index contributed by atoms with van der Waals surface area (Å²) in [6.45, 7) is 5.98. The molecule has 0 bridgehead atoms. The molecule has 3 aromatic carbocycles. The predicted molar refractivity (Wildman–Crippen MR) is 126 cm³/mol. The van der Waals surface area contributed by atoms with Gasteiger partial charge in [0.05, 0.1) is 13.4 Å². The lowest BCUT2D eigenvalue weighted by Crippen LogP contribution is -2.08. The van der Waals surface area contributed by atoms with E-state index in [1.807, 2.05) is 50.2 Å². The van der Waals surface area contributed by atoms with Crippen LogP contribution in [0, 0.1) is 13.8 Å². The Kier molecular flexibility index (Phi) is 5.63. The molecular formula is C27H25NO3. The van der Waals surface area contributed by atoms with Crippen molar-refractivity contribution < 1.29 is 13.9 Å². The Hall–Kier alpha value is -3.79. The zero-order chi connectivity index (χ0) is 22.0. The van der Waals surface area contributed by atoms with E-state index in [0.29, 0.717) is 5.75 Å². The van der Waals surface area contributed by atoms with Gasteiger partial charge in [0.2, 0.25) is 5.91 Å². The number of furan rings is 1. The van der Waals surface area contributed by atoms with Gasteiger partial charge in [0.15, 0.2) is 0 Å². The molecular weight excluding hydrogens is 386 g/mol. The number of amides is 1. The lowest BCUT2D eigenvalue weighted by Gasteiger charge is -2.10. The van der Waals surface area contributed by atoms with Gasteiger partial charge in [-0.05, 0) is 50.1 Å². The third-order valence-corrected chi connectivity index (χ3v) is 5.35. The fraction of sp³-hybridized carbons (Fsp3) is 0.148. The lowest BCUT2D eigenvalue weighted by atomic mass is 9.99. The Bertz CT molecular complexity index is 1260. The van der Waals surface area contributed by atoms with Crippen molar-refractivity contribution in [3.8, 4) is 16.9 Å². The summed E-state index contributed by atoms with van der Waals surface area (Å²) < 4.78 is 11.4. The van der Waals surface area contributed by atoms with E-state index in [1.54, 1.807) is 19.4 Å². The van der Waals surface area contributed by atoms with E-state index >= 15 is 0 Å². The van der Waals surface area contributed by atoms with Gasteiger partial charge >= 0.3 is 0 Å². The Morgan fingerprint density at radius 2 is 1.61 bits per heavy atom. The zero-order valence-corrected chi connectivity index (χ0v) is 18.2. The average molecular weight is 412 g/mol. The van der Waals surface area contributed by atoms with Crippen molar-refractivity contribution in [2.45, 2.75) is 20.8 Å². The number of hydrogen-bond donors (Lipinski definition) is 1. The second-order valence-corrected chi connectivity index (χ2v) is 7.75. The lowest BCUT2D eigenvalue weighted by molar-refractivity contribution is -0.111. The predicted octanol–water partition coefficient (Wildman–Crippen LogP) is 6.77. The van der Waals surface area contributed by atoms with Crippen LogP contribution in [0.5, 0.6) is 5.75 Å². The molecule has 4 heteroatoms. The highest BCUT2D eigenvalue weighted by atomic mass is 16.5. The minimum atomic E-state index is -0.186. The van der Waals surface area contributed by atoms with Crippen molar-refractivity contribution in [1.82, 2.24) is 0 Å². The molecule has 1 amide bonds. The van der Waals surface area contributed by atoms with Gasteiger partial charge in [0, 0.05) is 34.3 Å². The standard InChI is InChI=1S/C27H25NO3/c1-17-5-9-20(10-6-17)24-16-31-26-15-25(30-4)22(14-23(24)26)19(3)13-27(29)28-21-11-7-18(2)8-12-21/h5-16H,1-4H3,(H,28,29)/b19-13+. The fourth-order valence-electron chi connectivity index (χ4n) is 3.58. The van der Waals surface area contributed by atoms with E-state index in [-0.39, 0.29) is 5.91 Å². The van der Waals surface area contributed by atoms with Crippen LogP contribution in [0.2, 0.25) is 0 Å². The summed E-state index contributed by atoms with van der Waals surface area (Å²) in [6.07, 6.45) is 3.36. The van der Waals surface area contributed by atoms with Crippen LogP contribution >= 0.6 is 0 Å². The van der Waals surface area contributed by atoms with Crippen LogP contribution in [0.1, 0.15) is 23.6 Å². The zero-order valence-electron chi connectivity index (χ0n) is 18.2. The van der Waals surface area contributed by atoms with E-state index in [2.05, 4.69) is 36.5 Å². The number of rotatable bonds is 5. The van der Waals surface area contributed by atoms with Crippen molar-refractivity contribution in [3.63, 3.8) is 0 Å². The van der Waals surface area contributed by atoms with Crippen LogP contribution in [0.3, 0.4) is 0 Å². The molecule has 1 N–H and O–H groups in total. The van der Waals surface area contributed by atoms with Crippen molar-refractivity contribution in [3.05, 3.63) is 89.7 Å². The molecule has 0 fully saturated rings. The summed E-state index contributed by atoms with van der Waals surface area (Å²) in [5.74, 6) is 0.476. The number of nitrogens with one attached hydrogen (secondary N) is 1. The van der Waals surface area contributed by atoms with Crippen LogP contribution in [0.4, 0.5) is 5.69 Å². The first-order valence-electron chi connectivity index (χ1n) is 10.2. The first kappa shape index (κ1) is 20.5. The third-order valence-electron chi connectivity index (χ3n) is 5.35. The molecule has 1 aromatic heterocycles. The number of benzene rings is 3. The van der Waals surface area contributed by atoms with Gasteiger partial charge in [0.1, 0.15) is 11.3 Å². The summed E-state index contributed by atoms with van der Waals surface area (Å²) >= 11 is 0. The molecule has 0 saturated carbocycles. The maximum atomic E-state index is 12.6. The number of carbonyl (C=O) groups excluding carboxylic acids is 1. The molecule has 0 aliphatic heterocycles. The molecule has 156 valence electrons. The molecule has 0 spiro atoms. The van der Waals surface area contributed by atoms with Crippen LogP contribution in [0.25, 0.3) is 27.7 Å². The second-order valence-electron chi connectivity index (χ2n) is 7.75. The molecule has 4 nitrogen and oxygen atoms in total. The summed E-state index contributed by atoms with van der Waals surface area (Å²) in [4.78, 5) is 12.6. The number of methoxy groups -OCH3 is 1. The Morgan fingerprint density at radius 3 is 2.26 bits per heavy atom. The Labute approximate surface area is 182 Å². The van der Waals surface area contributed by atoms with E-state index in [9.17, 15) is 4.79 Å². The molecule has 0 atom stereocenters. The van der Waals surface area contributed by atoms with Crippen molar-refractivity contribution in [2.24, 2.45) is 0 Å². The van der Waals surface area contributed by atoms with Gasteiger partial charge in [-0.1, -0.05) is 47.5 Å². The van der Waals surface area contributed by atoms with Gasteiger partial charge in [0.25, 0.3) is 0 Å². The van der Waals surface area contributed by atoms with Crippen LogP contribution < -0.4 is 10.1 Å². The molecule has 31 heavy (non-hydrogen) atoms. The van der Waals surface area contributed by atoms with Crippen LogP contribution in [0.15, 0.2) is 77.4 Å². The molecule has 4 aromatic rings. The van der Waals surface area contributed by atoms with Gasteiger partial charge < -0.3 is 14.5 Å². The van der Waals surface area contributed by atoms with Gasteiger partial charge in [-0.15, -0.1) is 0 Å². The van der Waals surface area contributed by atoms with Crippen molar-refractivity contribution in [2.75, 3.05) is 12.4 Å². The highest BCUT2D eigenvalue weighted by Crippen LogP contribution is 2.37. The molecule has 1 heterocycles. The number of aryl methyl sites for hydroxylation is 2. The van der Waals surface area contributed by atoms with Crippen molar-refractivity contribution >= 4 is 28.1 Å². The SMILES string of the molecule is COc1cc2occ(-c3ccc(C)cc3)c2cc1/C(C)=C/C(=O)Nc1ccc(C)cc1. The van der Waals surface area contributed by atoms with E-state index in [1.165, 1.54) is 5.56 Å². The summed E-state index contributed by atoms with van der Waals surface area (Å²) in [7, 11) is 1.62. The third kappa shape index (κ3) is 4.38.